The molecule has 1 heterocycles. The molecule has 0 aliphatic rings. The number of benzene rings is 1. The van der Waals surface area contributed by atoms with Gasteiger partial charge >= 0.3 is 6.61 Å². The maximum Gasteiger partial charge on any atom is 0.387 e. The van der Waals surface area contributed by atoms with Crippen LogP contribution in [0, 0.1) is 0 Å². The van der Waals surface area contributed by atoms with Crippen LogP contribution in [0.4, 0.5) is 14.5 Å². The molecule has 1 atom stereocenters. The summed E-state index contributed by atoms with van der Waals surface area (Å²) >= 11 is 3.26. The summed E-state index contributed by atoms with van der Waals surface area (Å²) < 4.78 is 29.5. The Kier molecular flexibility index (Phi) is 4.89. The molecular weight excluding hydrogens is 330 g/mol. The third kappa shape index (κ3) is 4.16. The van der Waals surface area contributed by atoms with E-state index in [0.29, 0.717) is 0 Å². The summed E-state index contributed by atoms with van der Waals surface area (Å²) in [6, 6.07) is 10.3. The Balaban J connectivity index is 2.08. The summed E-state index contributed by atoms with van der Waals surface area (Å²) in [5.41, 5.74) is 1.70. The number of pyridine rings is 1. The van der Waals surface area contributed by atoms with E-state index >= 15 is 0 Å². The number of rotatable bonds is 5. The molecule has 1 aromatic carbocycles. The maximum absolute atomic E-state index is 12.2. The number of ether oxygens (including phenoxy) is 1. The quantitative estimate of drug-likeness (QED) is 0.805. The van der Waals surface area contributed by atoms with Crippen molar-refractivity contribution in [2.75, 3.05) is 5.32 Å². The van der Waals surface area contributed by atoms with E-state index in [2.05, 4.69) is 31.0 Å². The van der Waals surface area contributed by atoms with Crippen molar-refractivity contribution < 1.29 is 13.5 Å². The topological polar surface area (TPSA) is 34.2 Å². The number of hydrogen-bond donors (Lipinski definition) is 1. The van der Waals surface area contributed by atoms with Crippen molar-refractivity contribution in [1.82, 2.24) is 4.98 Å². The molecular formula is C14H13BrF2N2O. The average Bonchev–Trinajstić information content (AvgIpc) is 2.41. The van der Waals surface area contributed by atoms with Gasteiger partial charge in [0.05, 0.1) is 11.9 Å². The van der Waals surface area contributed by atoms with Gasteiger partial charge in [-0.25, -0.2) is 4.98 Å². The fraction of sp³-hybridized carbons (Fsp3) is 0.214. The molecule has 0 amide bonds. The van der Waals surface area contributed by atoms with Crippen molar-refractivity contribution in [3.63, 3.8) is 0 Å². The lowest BCUT2D eigenvalue weighted by Crippen LogP contribution is -2.08. The van der Waals surface area contributed by atoms with E-state index in [1.165, 1.54) is 6.07 Å². The summed E-state index contributed by atoms with van der Waals surface area (Å²) in [5.74, 6) is 0.153. The van der Waals surface area contributed by atoms with Crippen LogP contribution in [0.25, 0.3) is 0 Å². The van der Waals surface area contributed by atoms with Crippen molar-refractivity contribution in [3.05, 3.63) is 52.8 Å². The van der Waals surface area contributed by atoms with Crippen LogP contribution in [0.15, 0.2) is 47.2 Å². The van der Waals surface area contributed by atoms with Gasteiger partial charge in [-0.1, -0.05) is 12.1 Å². The largest absolute Gasteiger partial charge is 0.435 e. The Labute approximate surface area is 124 Å². The molecule has 2 aromatic rings. The predicted molar refractivity (Wildman–Crippen MR) is 77.0 cm³/mol. The third-order valence-corrected chi connectivity index (χ3v) is 3.16. The second-order valence-electron chi connectivity index (χ2n) is 4.19. The Hall–Kier alpha value is -1.69. The lowest BCUT2D eigenvalue weighted by molar-refractivity contribution is -0.0498. The second kappa shape index (κ2) is 6.65. The number of nitrogens with one attached hydrogen (secondary N) is 1. The van der Waals surface area contributed by atoms with E-state index in [-0.39, 0.29) is 11.8 Å². The number of aromatic nitrogens is 1. The minimum absolute atomic E-state index is 0.0563. The first-order chi connectivity index (χ1) is 9.54. The molecule has 0 saturated heterocycles. The van der Waals surface area contributed by atoms with Crippen LogP contribution in [0.3, 0.4) is 0 Å². The highest BCUT2D eigenvalue weighted by molar-refractivity contribution is 9.10. The van der Waals surface area contributed by atoms with E-state index in [1.54, 1.807) is 18.3 Å². The number of alkyl halides is 2. The van der Waals surface area contributed by atoms with E-state index in [0.717, 1.165) is 15.9 Å². The molecule has 0 fully saturated rings. The molecule has 3 nitrogen and oxygen atoms in total. The Bertz CT molecular complexity index is 563. The molecule has 1 N–H and O–H groups in total. The molecule has 0 spiro atoms. The van der Waals surface area contributed by atoms with Gasteiger partial charge in [0.1, 0.15) is 10.4 Å². The van der Waals surface area contributed by atoms with Gasteiger partial charge < -0.3 is 10.1 Å². The van der Waals surface area contributed by atoms with Gasteiger partial charge in [-0.3, -0.25) is 0 Å². The molecule has 2 rings (SSSR count). The van der Waals surface area contributed by atoms with Crippen molar-refractivity contribution in [2.24, 2.45) is 0 Å². The molecule has 0 radical (unpaired) electrons. The lowest BCUT2D eigenvalue weighted by Gasteiger charge is -2.16. The standard InChI is InChI=1S/C14H13BrF2N2O/c1-9(19-11-5-6-13(15)18-8-11)10-3-2-4-12(7-10)20-14(16)17/h2-9,14,19H,1H3. The summed E-state index contributed by atoms with van der Waals surface area (Å²) in [4.78, 5) is 4.11. The second-order valence-corrected chi connectivity index (χ2v) is 5.00. The zero-order chi connectivity index (χ0) is 14.5. The first-order valence-corrected chi connectivity index (χ1v) is 6.77. The van der Waals surface area contributed by atoms with E-state index in [9.17, 15) is 8.78 Å². The zero-order valence-corrected chi connectivity index (χ0v) is 12.3. The van der Waals surface area contributed by atoms with Gasteiger partial charge in [-0.05, 0) is 52.7 Å². The van der Waals surface area contributed by atoms with Gasteiger partial charge in [0.25, 0.3) is 0 Å². The van der Waals surface area contributed by atoms with Crippen LogP contribution in [0.1, 0.15) is 18.5 Å². The normalized spacial score (nSPS) is 12.2. The van der Waals surface area contributed by atoms with Crippen molar-refractivity contribution >= 4 is 21.6 Å². The maximum atomic E-state index is 12.2. The van der Waals surface area contributed by atoms with Gasteiger partial charge in [-0.15, -0.1) is 0 Å². The van der Waals surface area contributed by atoms with Crippen LogP contribution in [-0.4, -0.2) is 11.6 Å². The highest BCUT2D eigenvalue weighted by Crippen LogP contribution is 2.23. The Morgan fingerprint density at radius 2 is 2.05 bits per heavy atom. The van der Waals surface area contributed by atoms with Crippen LogP contribution in [0.5, 0.6) is 5.75 Å². The fourth-order valence-corrected chi connectivity index (χ4v) is 1.99. The molecule has 106 valence electrons. The molecule has 6 heteroatoms. The van der Waals surface area contributed by atoms with E-state index in [1.807, 2.05) is 25.1 Å². The fourth-order valence-electron chi connectivity index (χ4n) is 1.75. The lowest BCUT2D eigenvalue weighted by atomic mass is 10.1. The van der Waals surface area contributed by atoms with Crippen LogP contribution < -0.4 is 10.1 Å². The smallest absolute Gasteiger partial charge is 0.387 e. The molecule has 1 aromatic heterocycles. The SMILES string of the molecule is CC(Nc1ccc(Br)nc1)c1cccc(OC(F)F)c1. The highest BCUT2D eigenvalue weighted by atomic mass is 79.9. The molecule has 0 saturated carbocycles. The molecule has 0 bridgehead atoms. The zero-order valence-electron chi connectivity index (χ0n) is 10.7. The van der Waals surface area contributed by atoms with Crippen LogP contribution in [0.2, 0.25) is 0 Å². The van der Waals surface area contributed by atoms with Gasteiger partial charge in [0, 0.05) is 6.04 Å². The van der Waals surface area contributed by atoms with Gasteiger partial charge in [-0.2, -0.15) is 8.78 Å². The molecule has 0 aliphatic heterocycles. The predicted octanol–water partition coefficient (Wildman–Crippen LogP) is 4.62. The molecule has 0 aliphatic carbocycles. The Morgan fingerprint density at radius 1 is 1.25 bits per heavy atom. The molecule has 20 heavy (non-hydrogen) atoms. The monoisotopic (exact) mass is 342 g/mol. The summed E-state index contributed by atoms with van der Waals surface area (Å²) in [7, 11) is 0. The van der Waals surface area contributed by atoms with Crippen molar-refractivity contribution in [2.45, 2.75) is 19.6 Å². The van der Waals surface area contributed by atoms with Crippen LogP contribution in [-0.2, 0) is 0 Å². The van der Waals surface area contributed by atoms with Gasteiger partial charge in [0.2, 0.25) is 0 Å². The summed E-state index contributed by atoms with van der Waals surface area (Å²) in [5, 5.41) is 3.24. The van der Waals surface area contributed by atoms with E-state index < -0.39 is 6.61 Å². The van der Waals surface area contributed by atoms with Gasteiger partial charge in [0.15, 0.2) is 0 Å². The average molecular weight is 343 g/mol. The number of hydrogen-bond acceptors (Lipinski definition) is 3. The highest BCUT2D eigenvalue weighted by Gasteiger charge is 2.09. The third-order valence-electron chi connectivity index (χ3n) is 2.69. The van der Waals surface area contributed by atoms with Crippen molar-refractivity contribution in [1.29, 1.82) is 0 Å². The summed E-state index contributed by atoms with van der Waals surface area (Å²) in [6.45, 7) is -0.882. The number of halogens is 3. The van der Waals surface area contributed by atoms with Crippen LogP contribution >= 0.6 is 15.9 Å². The van der Waals surface area contributed by atoms with E-state index in [4.69, 9.17) is 0 Å². The first-order valence-electron chi connectivity index (χ1n) is 5.97. The summed E-state index contributed by atoms with van der Waals surface area (Å²) in [6.07, 6.45) is 1.69. The number of nitrogens with zero attached hydrogens (tertiary/aromatic N) is 1. The minimum Gasteiger partial charge on any atom is -0.435 e. The minimum atomic E-state index is -2.82. The first kappa shape index (κ1) is 14.7. The Morgan fingerprint density at radius 3 is 2.70 bits per heavy atom. The molecule has 1 unspecified atom stereocenters. The number of anilines is 1. The van der Waals surface area contributed by atoms with Crippen molar-refractivity contribution in [3.8, 4) is 5.75 Å².